The van der Waals surface area contributed by atoms with Gasteiger partial charge in [0.15, 0.2) is 5.11 Å². The van der Waals surface area contributed by atoms with Gasteiger partial charge in [0.1, 0.15) is 23.7 Å². The van der Waals surface area contributed by atoms with Crippen molar-refractivity contribution in [2.24, 2.45) is 0 Å². The lowest BCUT2D eigenvalue weighted by Crippen LogP contribution is -2.35. The Morgan fingerprint density at radius 3 is 2.59 bits per heavy atom. The number of rotatable bonds is 7. The molecule has 1 N–H and O–H groups in total. The van der Waals surface area contributed by atoms with Crippen LogP contribution in [0, 0.1) is 0 Å². The van der Waals surface area contributed by atoms with Crippen molar-refractivity contribution in [3.8, 4) is 11.5 Å². The molecule has 3 rings (SSSR count). The summed E-state index contributed by atoms with van der Waals surface area (Å²) >= 11 is 5.21. The summed E-state index contributed by atoms with van der Waals surface area (Å²) in [6.45, 7) is 4.58. The van der Waals surface area contributed by atoms with Crippen LogP contribution in [0.1, 0.15) is 19.4 Å². The Bertz CT molecular complexity index is 997. The van der Waals surface area contributed by atoms with E-state index in [-0.39, 0.29) is 17.4 Å². The number of fused-ring (bicyclic) bond motifs is 1. The van der Waals surface area contributed by atoms with Crippen molar-refractivity contribution < 1.29 is 23.8 Å². The SMILES string of the molecule is CCOc1ccc2ccc(OCC)c(/C=C3\NC(=S)N(CC(=O)OC)C3=O)c2c1. The Balaban J connectivity index is 2.08. The Morgan fingerprint density at radius 2 is 1.90 bits per heavy atom. The largest absolute Gasteiger partial charge is 0.494 e. The number of carbonyl (C=O) groups is 2. The second-order valence-electron chi connectivity index (χ2n) is 6.18. The van der Waals surface area contributed by atoms with Gasteiger partial charge in [0.25, 0.3) is 5.91 Å². The molecule has 1 amide bonds. The first-order chi connectivity index (χ1) is 14.0. The first-order valence-electron chi connectivity index (χ1n) is 9.22. The summed E-state index contributed by atoms with van der Waals surface area (Å²) in [7, 11) is 1.26. The number of ether oxygens (including phenoxy) is 3. The first-order valence-corrected chi connectivity index (χ1v) is 9.63. The number of amides is 1. The second kappa shape index (κ2) is 8.91. The average Bonchev–Trinajstić information content (AvgIpc) is 2.97. The van der Waals surface area contributed by atoms with Crippen LogP contribution in [0.5, 0.6) is 11.5 Å². The summed E-state index contributed by atoms with van der Waals surface area (Å²) in [6.07, 6.45) is 1.69. The number of thiocarbonyl (C=S) groups is 1. The Kier molecular flexibility index (Phi) is 6.33. The average molecular weight is 414 g/mol. The zero-order valence-corrected chi connectivity index (χ0v) is 17.3. The highest BCUT2D eigenvalue weighted by Crippen LogP contribution is 2.33. The molecule has 2 aromatic carbocycles. The van der Waals surface area contributed by atoms with Crippen LogP contribution in [-0.2, 0) is 14.3 Å². The Labute approximate surface area is 174 Å². The van der Waals surface area contributed by atoms with Crippen molar-refractivity contribution in [3.63, 3.8) is 0 Å². The maximum atomic E-state index is 12.8. The molecule has 0 aliphatic carbocycles. The Hall–Kier alpha value is -3.13. The van der Waals surface area contributed by atoms with Crippen LogP contribution < -0.4 is 14.8 Å². The van der Waals surface area contributed by atoms with Gasteiger partial charge in [0.05, 0.1) is 20.3 Å². The van der Waals surface area contributed by atoms with Crippen molar-refractivity contribution in [2.45, 2.75) is 13.8 Å². The molecule has 1 fully saturated rings. The van der Waals surface area contributed by atoms with E-state index in [1.165, 1.54) is 12.0 Å². The number of hydrogen-bond donors (Lipinski definition) is 1. The van der Waals surface area contributed by atoms with E-state index in [4.69, 9.17) is 21.7 Å². The summed E-state index contributed by atoms with van der Waals surface area (Å²) < 4.78 is 16.0. The van der Waals surface area contributed by atoms with Gasteiger partial charge in [-0.3, -0.25) is 14.5 Å². The lowest BCUT2D eigenvalue weighted by atomic mass is 10.0. The maximum Gasteiger partial charge on any atom is 0.325 e. The smallest absolute Gasteiger partial charge is 0.325 e. The molecule has 0 unspecified atom stereocenters. The number of nitrogens with zero attached hydrogens (tertiary/aromatic N) is 1. The van der Waals surface area contributed by atoms with E-state index in [0.717, 1.165) is 22.1 Å². The van der Waals surface area contributed by atoms with Crippen molar-refractivity contribution in [1.82, 2.24) is 10.2 Å². The van der Waals surface area contributed by atoms with Crippen LogP contribution in [-0.4, -0.2) is 48.8 Å². The fourth-order valence-electron chi connectivity index (χ4n) is 3.04. The first kappa shape index (κ1) is 20.6. The summed E-state index contributed by atoms with van der Waals surface area (Å²) in [5.41, 5.74) is 0.985. The van der Waals surface area contributed by atoms with E-state index in [1.54, 1.807) is 6.08 Å². The molecular formula is C21H22N2O5S. The number of carbonyl (C=O) groups excluding carboxylic acids is 2. The normalized spacial score (nSPS) is 15.0. The summed E-state index contributed by atoms with van der Waals surface area (Å²) in [6, 6.07) is 9.59. The van der Waals surface area contributed by atoms with Gasteiger partial charge in [-0.2, -0.15) is 0 Å². The molecule has 0 radical (unpaired) electrons. The molecule has 0 spiro atoms. The molecule has 1 aliphatic rings. The van der Waals surface area contributed by atoms with Crippen LogP contribution in [0.3, 0.4) is 0 Å². The quantitative estimate of drug-likeness (QED) is 0.424. The minimum absolute atomic E-state index is 0.153. The lowest BCUT2D eigenvalue weighted by Gasteiger charge is -2.13. The van der Waals surface area contributed by atoms with Crippen LogP contribution >= 0.6 is 12.2 Å². The number of esters is 1. The predicted molar refractivity (Wildman–Crippen MR) is 114 cm³/mol. The standard InChI is InChI=1S/C21H22N2O5S/c1-4-27-14-8-6-13-7-9-18(28-5-2)16(15(13)10-14)11-17-20(25)23(21(29)22-17)12-19(24)26-3/h6-11H,4-5,12H2,1-3H3,(H,22,29)/b17-11-. The van der Waals surface area contributed by atoms with E-state index in [0.29, 0.717) is 19.0 Å². The zero-order chi connectivity index (χ0) is 21.0. The monoisotopic (exact) mass is 414 g/mol. The van der Waals surface area contributed by atoms with Gasteiger partial charge in [-0.25, -0.2) is 0 Å². The number of nitrogens with one attached hydrogen (secondary N) is 1. The molecule has 8 heteroatoms. The van der Waals surface area contributed by atoms with Gasteiger partial charge in [-0.1, -0.05) is 12.1 Å². The number of benzene rings is 2. The third kappa shape index (κ3) is 4.32. The molecule has 152 valence electrons. The van der Waals surface area contributed by atoms with Gasteiger partial charge in [-0.15, -0.1) is 0 Å². The molecule has 1 aliphatic heterocycles. The van der Waals surface area contributed by atoms with Crippen molar-refractivity contribution in [1.29, 1.82) is 0 Å². The van der Waals surface area contributed by atoms with E-state index in [1.807, 2.05) is 44.2 Å². The van der Waals surface area contributed by atoms with Crippen LogP contribution in [0.15, 0.2) is 36.0 Å². The van der Waals surface area contributed by atoms with E-state index >= 15 is 0 Å². The fraction of sp³-hybridized carbons (Fsp3) is 0.286. The van der Waals surface area contributed by atoms with Gasteiger partial charge >= 0.3 is 5.97 Å². The summed E-state index contributed by atoms with van der Waals surface area (Å²) in [5, 5.41) is 4.88. The molecular weight excluding hydrogens is 392 g/mol. The summed E-state index contributed by atoms with van der Waals surface area (Å²) in [4.78, 5) is 25.5. The molecule has 1 saturated heterocycles. The topological polar surface area (TPSA) is 77.1 Å². The summed E-state index contributed by atoms with van der Waals surface area (Å²) in [5.74, 6) is 0.404. The Morgan fingerprint density at radius 1 is 1.17 bits per heavy atom. The molecule has 2 aromatic rings. The molecule has 0 saturated carbocycles. The van der Waals surface area contributed by atoms with Crippen LogP contribution in [0.25, 0.3) is 16.8 Å². The van der Waals surface area contributed by atoms with Gasteiger partial charge in [-0.05, 0) is 61.1 Å². The van der Waals surface area contributed by atoms with Crippen molar-refractivity contribution in [2.75, 3.05) is 26.9 Å². The minimum Gasteiger partial charge on any atom is -0.494 e. The van der Waals surface area contributed by atoms with E-state index in [9.17, 15) is 9.59 Å². The highest BCUT2D eigenvalue weighted by Gasteiger charge is 2.32. The molecule has 0 bridgehead atoms. The van der Waals surface area contributed by atoms with Gasteiger partial charge in [0.2, 0.25) is 0 Å². The van der Waals surface area contributed by atoms with Gasteiger partial charge in [0, 0.05) is 5.56 Å². The predicted octanol–water partition coefficient (Wildman–Crippen LogP) is 2.87. The highest BCUT2D eigenvalue weighted by atomic mass is 32.1. The molecule has 1 heterocycles. The highest BCUT2D eigenvalue weighted by molar-refractivity contribution is 7.80. The van der Waals surface area contributed by atoms with Crippen LogP contribution in [0.2, 0.25) is 0 Å². The van der Waals surface area contributed by atoms with Crippen LogP contribution in [0.4, 0.5) is 0 Å². The molecule has 0 atom stereocenters. The van der Waals surface area contributed by atoms with E-state index < -0.39 is 11.9 Å². The lowest BCUT2D eigenvalue weighted by molar-refractivity contribution is -0.143. The third-order valence-electron chi connectivity index (χ3n) is 4.37. The number of hydrogen-bond acceptors (Lipinski definition) is 6. The van der Waals surface area contributed by atoms with E-state index in [2.05, 4.69) is 10.1 Å². The molecule has 29 heavy (non-hydrogen) atoms. The third-order valence-corrected chi connectivity index (χ3v) is 4.69. The zero-order valence-electron chi connectivity index (χ0n) is 16.5. The fourth-order valence-corrected chi connectivity index (χ4v) is 3.30. The maximum absolute atomic E-state index is 12.8. The number of methoxy groups -OCH3 is 1. The second-order valence-corrected chi connectivity index (χ2v) is 6.57. The van der Waals surface area contributed by atoms with Crippen molar-refractivity contribution >= 4 is 46.1 Å². The van der Waals surface area contributed by atoms with Crippen molar-refractivity contribution in [3.05, 3.63) is 41.6 Å². The minimum atomic E-state index is -0.551. The molecule has 0 aromatic heterocycles. The van der Waals surface area contributed by atoms with Gasteiger partial charge < -0.3 is 19.5 Å². The molecule has 7 nitrogen and oxygen atoms in total.